The van der Waals surface area contributed by atoms with E-state index in [9.17, 15) is 5.11 Å². The van der Waals surface area contributed by atoms with Crippen LogP contribution in [-0.4, -0.2) is 15.1 Å². The summed E-state index contributed by atoms with van der Waals surface area (Å²) in [6, 6.07) is 11.0. The van der Waals surface area contributed by atoms with Crippen molar-refractivity contribution >= 4 is 17.3 Å². The largest absolute Gasteiger partial charge is 0.508 e. The van der Waals surface area contributed by atoms with Crippen molar-refractivity contribution in [3.05, 3.63) is 71.8 Å². The van der Waals surface area contributed by atoms with Crippen molar-refractivity contribution in [3.8, 4) is 16.9 Å². The fourth-order valence-corrected chi connectivity index (χ4v) is 2.39. The Morgan fingerprint density at radius 1 is 1.05 bits per heavy atom. The van der Waals surface area contributed by atoms with Crippen LogP contribution in [0.5, 0.6) is 5.75 Å². The van der Waals surface area contributed by atoms with Gasteiger partial charge in [-0.3, -0.25) is 9.97 Å². The molecule has 3 aromatic rings. The Hall–Kier alpha value is -2.59. The molecule has 110 valence electrons. The van der Waals surface area contributed by atoms with E-state index >= 15 is 0 Å². The molecule has 1 aromatic carbocycles. The molecule has 0 spiro atoms. The Morgan fingerprint density at radius 2 is 1.95 bits per heavy atom. The monoisotopic (exact) mass is 311 g/mol. The topological polar surface area (TPSA) is 58.0 Å². The van der Waals surface area contributed by atoms with E-state index < -0.39 is 0 Å². The van der Waals surface area contributed by atoms with Gasteiger partial charge in [-0.25, -0.2) is 0 Å². The van der Waals surface area contributed by atoms with Gasteiger partial charge in [0.25, 0.3) is 0 Å². The van der Waals surface area contributed by atoms with E-state index in [4.69, 9.17) is 11.6 Å². The molecule has 3 rings (SSSR count). The molecule has 0 amide bonds. The zero-order valence-corrected chi connectivity index (χ0v) is 12.5. The molecule has 0 aliphatic heterocycles. The third-order valence-electron chi connectivity index (χ3n) is 3.23. The molecule has 0 atom stereocenters. The third-order valence-corrected chi connectivity index (χ3v) is 3.53. The highest BCUT2D eigenvalue weighted by Crippen LogP contribution is 2.27. The Balaban J connectivity index is 1.79. The minimum Gasteiger partial charge on any atom is -0.508 e. The molecule has 0 saturated heterocycles. The predicted molar refractivity (Wildman–Crippen MR) is 87.9 cm³/mol. The Labute approximate surface area is 133 Å². The highest BCUT2D eigenvalue weighted by atomic mass is 35.5. The first-order chi connectivity index (χ1) is 10.7. The molecule has 0 unspecified atom stereocenters. The minimum atomic E-state index is 0.259. The van der Waals surface area contributed by atoms with Gasteiger partial charge in [0.2, 0.25) is 0 Å². The summed E-state index contributed by atoms with van der Waals surface area (Å²) in [5.74, 6) is 0.259. The number of hydrogen-bond donors (Lipinski definition) is 2. The van der Waals surface area contributed by atoms with Gasteiger partial charge in [-0.05, 0) is 29.8 Å². The SMILES string of the molecule is Oc1cccc(CNc2cncc(-c3ccncc3Cl)c2)c1. The van der Waals surface area contributed by atoms with Crippen molar-refractivity contribution in [2.75, 3.05) is 5.32 Å². The van der Waals surface area contributed by atoms with Gasteiger partial charge in [0.15, 0.2) is 0 Å². The van der Waals surface area contributed by atoms with E-state index in [2.05, 4.69) is 15.3 Å². The number of nitrogens with zero attached hydrogens (tertiary/aromatic N) is 2. The van der Waals surface area contributed by atoms with Crippen LogP contribution < -0.4 is 5.32 Å². The molecule has 0 radical (unpaired) electrons. The number of nitrogens with one attached hydrogen (secondary N) is 1. The minimum absolute atomic E-state index is 0.259. The maximum Gasteiger partial charge on any atom is 0.115 e. The van der Waals surface area contributed by atoms with Crippen molar-refractivity contribution in [2.45, 2.75) is 6.54 Å². The number of anilines is 1. The van der Waals surface area contributed by atoms with Crippen LogP contribution in [-0.2, 0) is 6.54 Å². The molecule has 0 saturated carbocycles. The molecule has 2 N–H and O–H groups in total. The fraction of sp³-hybridized carbons (Fsp3) is 0.0588. The molecule has 2 heterocycles. The molecule has 5 heteroatoms. The number of hydrogen-bond acceptors (Lipinski definition) is 4. The number of rotatable bonds is 4. The number of halogens is 1. The van der Waals surface area contributed by atoms with Crippen LogP contribution in [0.4, 0.5) is 5.69 Å². The summed E-state index contributed by atoms with van der Waals surface area (Å²) in [7, 11) is 0. The number of benzene rings is 1. The first-order valence-electron chi connectivity index (χ1n) is 6.79. The second-order valence-electron chi connectivity index (χ2n) is 4.84. The second kappa shape index (κ2) is 6.45. The highest BCUT2D eigenvalue weighted by molar-refractivity contribution is 6.33. The summed E-state index contributed by atoms with van der Waals surface area (Å²) in [4.78, 5) is 8.23. The molecular weight excluding hydrogens is 298 g/mol. The van der Waals surface area contributed by atoms with E-state index in [-0.39, 0.29) is 5.75 Å². The summed E-state index contributed by atoms with van der Waals surface area (Å²) >= 11 is 6.16. The first kappa shape index (κ1) is 14.4. The lowest BCUT2D eigenvalue weighted by Crippen LogP contribution is -1.99. The molecule has 0 bridgehead atoms. The van der Waals surface area contributed by atoms with Gasteiger partial charge >= 0.3 is 0 Å². The summed E-state index contributed by atoms with van der Waals surface area (Å²) < 4.78 is 0. The van der Waals surface area contributed by atoms with Crippen LogP contribution >= 0.6 is 11.6 Å². The van der Waals surface area contributed by atoms with Crippen molar-refractivity contribution in [3.63, 3.8) is 0 Å². The smallest absolute Gasteiger partial charge is 0.115 e. The molecule has 22 heavy (non-hydrogen) atoms. The van der Waals surface area contributed by atoms with Gasteiger partial charge in [0.1, 0.15) is 5.75 Å². The summed E-state index contributed by atoms with van der Waals surface area (Å²) in [5.41, 5.74) is 3.69. The van der Waals surface area contributed by atoms with E-state index in [1.54, 1.807) is 36.9 Å². The Morgan fingerprint density at radius 3 is 2.77 bits per heavy atom. The quantitative estimate of drug-likeness (QED) is 0.761. The van der Waals surface area contributed by atoms with Crippen LogP contribution in [0.2, 0.25) is 5.02 Å². The maximum absolute atomic E-state index is 9.47. The standard InChI is InChI=1S/C17H14ClN3O/c18-17-11-19-5-4-16(17)13-7-14(10-20-9-13)21-8-12-2-1-3-15(22)6-12/h1-7,9-11,21-22H,8H2. The van der Waals surface area contributed by atoms with Crippen LogP contribution in [0, 0.1) is 0 Å². The molecule has 0 aliphatic carbocycles. The van der Waals surface area contributed by atoms with Gasteiger partial charge in [-0.1, -0.05) is 23.7 Å². The van der Waals surface area contributed by atoms with Gasteiger partial charge in [-0.15, -0.1) is 0 Å². The zero-order valence-electron chi connectivity index (χ0n) is 11.7. The highest BCUT2D eigenvalue weighted by Gasteiger charge is 2.05. The number of phenolic OH excluding ortho intramolecular Hbond substituents is 1. The van der Waals surface area contributed by atoms with Crippen molar-refractivity contribution in [1.29, 1.82) is 0 Å². The van der Waals surface area contributed by atoms with Crippen molar-refractivity contribution in [1.82, 2.24) is 9.97 Å². The number of pyridine rings is 2. The number of aromatic hydroxyl groups is 1. The lowest BCUT2D eigenvalue weighted by molar-refractivity contribution is 0.474. The number of aromatic nitrogens is 2. The van der Waals surface area contributed by atoms with Gasteiger partial charge in [-0.2, -0.15) is 0 Å². The lowest BCUT2D eigenvalue weighted by Gasteiger charge is -2.09. The van der Waals surface area contributed by atoms with Gasteiger partial charge in [0.05, 0.1) is 10.7 Å². The first-order valence-corrected chi connectivity index (χ1v) is 7.17. The van der Waals surface area contributed by atoms with E-state index in [1.165, 1.54) is 0 Å². The average Bonchev–Trinajstić information content (AvgIpc) is 2.54. The Bertz CT molecular complexity index is 792. The van der Waals surface area contributed by atoms with Crippen molar-refractivity contribution < 1.29 is 5.11 Å². The van der Waals surface area contributed by atoms with Crippen molar-refractivity contribution in [2.24, 2.45) is 0 Å². The second-order valence-corrected chi connectivity index (χ2v) is 5.25. The molecule has 4 nitrogen and oxygen atoms in total. The molecule has 0 fully saturated rings. The Kier molecular flexibility index (Phi) is 4.21. The maximum atomic E-state index is 9.47. The number of phenols is 1. The molecule has 0 aliphatic rings. The zero-order chi connectivity index (χ0) is 15.4. The van der Waals surface area contributed by atoms with Gasteiger partial charge in [0, 0.05) is 42.5 Å². The summed E-state index contributed by atoms with van der Waals surface area (Å²) in [6.45, 7) is 0.601. The average molecular weight is 312 g/mol. The van der Waals surface area contributed by atoms with Crippen LogP contribution in [0.15, 0.2) is 61.2 Å². The van der Waals surface area contributed by atoms with E-state index in [0.717, 1.165) is 22.4 Å². The molecule has 2 aromatic heterocycles. The van der Waals surface area contributed by atoms with Crippen LogP contribution in [0.1, 0.15) is 5.56 Å². The summed E-state index contributed by atoms with van der Waals surface area (Å²) in [6.07, 6.45) is 6.83. The predicted octanol–water partition coefficient (Wildman–Crippen LogP) is 4.11. The van der Waals surface area contributed by atoms with Crippen LogP contribution in [0.3, 0.4) is 0 Å². The van der Waals surface area contributed by atoms with E-state index in [1.807, 2.05) is 24.3 Å². The van der Waals surface area contributed by atoms with E-state index in [0.29, 0.717) is 11.6 Å². The molecular formula is C17H14ClN3O. The van der Waals surface area contributed by atoms with Gasteiger partial charge < -0.3 is 10.4 Å². The third kappa shape index (κ3) is 3.35. The lowest BCUT2D eigenvalue weighted by atomic mass is 10.1. The normalized spacial score (nSPS) is 10.4. The van der Waals surface area contributed by atoms with Crippen LogP contribution in [0.25, 0.3) is 11.1 Å². The fourth-order valence-electron chi connectivity index (χ4n) is 2.16. The summed E-state index contributed by atoms with van der Waals surface area (Å²) in [5, 5.41) is 13.4.